The van der Waals surface area contributed by atoms with Gasteiger partial charge in [-0.05, 0) is 30.2 Å². The highest BCUT2D eigenvalue weighted by molar-refractivity contribution is 7.90. The standard InChI is InChI=1S/C18H25NO5SSi/c1-6-13-12-19-17-15(13)10-14(11-16(17)24-25(21,22)7-2)18(20)23-8-9-26(3,4)5/h7,10-12,19H,2,6,8-9H2,1,3-5H3. The van der Waals surface area contributed by atoms with Crippen LogP contribution in [0.5, 0.6) is 5.75 Å². The molecule has 1 aromatic carbocycles. The van der Waals surface area contributed by atoms with Gasteiger partial charge in [-0.2, -0.15) is 8.42 Å². The summed E-state index contributed by atoms with van der Waals surface area (Å²) < 4.78 is 34.0. The number of aromatic amines is 1. The Bertz CT molecular complexity index is 925. The number of nitrogens with one attached hydrogen (secondary N) is 1. The average Bonchev–Trinajstić information content (AvgIpc) is 2.96. The lowest BCUT2D eigenvalue weighted by Crippen LogP contribution is -2.22. The van der Waals surface area contributed by atoms with E-state index in [9.17, 15) is 13.2 Å². The minimum atomic E-state index is -3.94. The first-order valence-electron chi connectivity index (χ1n) is 8.44. The highest BCUT2D eigenvalue weighted by Crippen LogP contribution is 2.31. The van der Waals surface area contributed by atoms with Gasteiger partial charge in [0.05, 0.1) is 23.1 Å². The molecule has 0 atom stereocenters. The molecule has 8 heteroatoms. The van der Waals surface area contributed by atoms with Gasteiger partial charge >= 0.3 is 16.1 Å². The molecule has 26 heavy (non-hydrogen) atoms. The molecule has 0 aliphatic rings. The Balaban J connectivity index is 2.40. The highest BCUT2D eigenvalue weighted by Gasteiger charge is 2.19. The van der Waals surface area contributed by atoms with Crippen molar-refractivity contribution in [2.24, 2.45) is 0 Å². The molecule has 0 unspecified atom stereocenters. The van der Waals surface area contributed by atoms with Crippen molar-refractivity contribution in [2.45, 2.75) is 39.0 Å². The van der Waals surface area contributed by atoms with Crippen LogP contribution in [0.25, 0.3) is 10.9 Å². The maximum atomic E-state index is 12.4. The molecule has 0 aliphatic heterocycles. The van der Waals surface area contributed by atoms with Gasteiger partial charge in [-0.1, -0.05) is 33.1 Å². The number of hydrogen-bond acceptors (Lipinski definition) is 5. The summed E-state index contributed by atoms with van der Waals surface area (Å²) in [6.07, 6.45) is 2.50. The Hall–Kier alpha value is -2.06. The van der Waals surface area contributed by atoms with Crippen molar-refractivity contribution in [3.8, 4) is 5.75 Å². The second kappa shape index (κ2) is 7.67. The molecule has 0 fully saturated rings. The number of H-pyrrole nitrogens is 1. The van der Waals surface area contributed by atoms with Gasteiger partial charge in [0.2, 0.25) is 0 Å². The van der Waals surface area contributed by atoms with Gasteiger partial charge in [0, 0.05) is 19.7 Å². The van der Waals surface area contributed by atoms with E-state index in [0.29, 0.717) is 12.1 Å². The van der Waals surface area contributed by atoms with Crippen LogP contribution in [-0.4, -0.2) is 34.1 Å². The van der Waals surface area contributed by atoms with E-state index in [2.05, 4.69) is 31.2 Å². The minimum absolute atomic E-state index is 0.0549. The molecule has 1 N–H and O–H groups in total. The summed E-state index contributed by atoms with van der Waals surface area (Å²) in [6.45, 7) is 12.2. The third-order valence-corrected chi connectivity index (χ3v) is 6.47. The van der Waals surface area contributed by atoms with Crippen LogP contribution in [0.4, 0.5) is 0 Å². The van der Waals surface area contributed by atoms with E-state index in [-0.39, 0.29) is 11.3 Å². The van der Waals surface area contributed by atoms with Crippen molar-refractivity contribution in [1.29, 1.82) is 0 Å². The summed E-state index contributed by atoms with van der Waals surface area (Å²) in [7, 11) is -5.26. The van der Waals surface area contributed by atoms with Crippen molar-refractivity contribution in [3.05, 3.63) is 41.4 Å². The lowest BCUT2D eigenvalue weighted by molar-refractivity contribution is 0.0525. The maximum Gasteiger partial charge on any atom is 0.338 e. The molecular formula is C18H25NO5SSi. The zero-order valence-electron chi connectivity index (χ0n) is 15.6. The van der Waals surface area contributed by atoms with E-state index >= 15 is 0 Å². The number of rotatable bonds is 8. The molecule has 2 aromatic rings. The summed E-state index contributed by atoms with van der Waals surface area (Å²) in [4.78, 5) is 15.5. The lowest BCUT2D eigenvalue weighted by atomic mass is 10.1. The third-order valence-electron chi connectivity index (χ3n) is 3.95. The van der Waals surface area contributed by atoms with E-state index in [0.717, 1.165) is 28.8 Å². The van der Waals surface area contributed by atoms with Crippen molar-refractivity contribution in [1.82, 2.24) is 4.98 Å². The first-order valence-corrected chi connectivity index (χ1v) is 13.6. The van der Waals surface area contributed by atoms with E-state index < -0.39 is 24.2 Å². The summed E-state index contributed by atoms with van der Waals surface area (Å²) in [6, 6.07) is 3.95. The van der Waals surface area contributed by atoms with Gasteiger partial charge in [-0.3, -0.25) is 0 Å². The third kappa shape index (κ3) is 4.98. The average molecular weight is 396 g/mol. The van der Waals surface area contributed by atoms with Crippen molar-refractivity contribution in [3.63, 3.8) is 0 Å². The van der Waals surface area contributed by atoms with Crippen molar-refractivity contribution < 1.29 is 22.1 Å². The van der Waals surface area contributed by atoms with Crippen LogP contribution in [-0.2, 0) is 21.3 Å². The number of hydrogen-bond donors (Lipinski definition) is 1. The molecule has 0 spiro atoms. The molecule has 0 bridgehead atoms. The van der Waals surface area contributed by atoms with Gasteiger partial charge in [-0.15, -0.1) is 0 Å². The van der Waals surface area contributed by atoms with Crippen LogP contribution in [0, 0.1) is 0 Å². The Morgan fingerprint density at radius 1 is 1.31 bits per heavy atom. The molecule has 0 radical (unpaired) electrons. The first kappa shape index (κ1) is 20.3. The number of fused-ring (bicyclic) bond motifs is 1. The van der Waals surface area contributed by atoms with E-state index in [1.54, 1.807) is 12.3 Å². The number of carbonyl (C=O) groups is 1. The Kier molecular flexibility index (Phi) is 5.97. The predicted octanol–water partition coefficient (Wildman–Crippen LogP) is 4.08. The smallest absolute Gasteiger partial charge is 0.338 e. The number of ether oxygens (including phenoxy) is 1. The number of esters is 1. The summed E-state index contributed by atoms with van der Waals surface area (Å²) in [5, 5.41) is 1.46. The van der Waals surface area contributed by atoms with Crippen LogP contribution in [0.1, 0.15) is 22.8 Å². The fourth-order valence-corrected chi connectivity index (χ4v) is 3.59. The topological polar surface area (TPSA) is 85.5 Å². The molecule has 1 heterocycles. The highest BCUT2D eigenvalue weighted by atomic mass is 32.2. The van der Waals surface area contributed by atoms with Crippen LogP contribution >= 0.6 is 0 Å². The number of benzene rings is 1. The monoisotopic (exact) mass is 395 g/mol. The van der Waals surface area contributed by atoms with Crippen LogP contribution < -0.4 is 4.18 Å². The second-order valence-corrected chi connectivity index (χ2v) is 14.4. The van der Waals surface area contributed by atoms with Gasteiger partial charge in [0.15, 0.2) is 5.75 Å². The summed E-state index contributed by atoms with van der Waals surface area (Å²) in [5.41, 5.74) is 1.74. The molecule has 0 saturated heterocycles. The van der Waals surface area contributed by atoms with Crippen molar-refractivity contribution >= 4 is 35.1 Å². The van der Waals surface area contributed by atoms with Crippen LogP contribution in [0.2, 0.25) is 25.7 Å². The molecular weight excluding hydrogens is 370 g/mol. The molecule has 0 aliphatic carbocycles. The number of aromatic nitrogens is 1. The summed E-state index contributed by atoms with van der Waals surface area (Å²) >= 11 is 0. The van der Waals surface area contributed by atoms with Gasteiger partial charge < -0.3 is 13.9 Å². The molecule has 6 nitrogen and oxygen atoms in total. The van der Waals surface area contributed by atoms with Gasteiger partial charge in [-0.25, -0.2) is 4.79 Å². The molecule has 0 saturated carbocycles. The largest absolute Gasteiger partial charge is 0.462 e. The first-order chi connectivity index (χ1) is 12.1. The van der Waals surface area contributed by atoms with E-state index in [1.165, 1.54) is 6.07 Å². The number of aryl methyl sites for hydroxylation is 1. The summed E-state index contributed by atoms with van der Waals surface area (Å²) in [5.74, 6) is -0.437. The minimum Gasteiger partial charge on any atom is -0.462 e. The van der Waals surface area contributed by atoms with Crippen molar-refractivity contribution in [2.75, 3.05) is 6.61 Å². The fourth-order valence-electron chi connectivity index (χ4n) is 2.42. The maximum absolute atomic E-state index is 12.4. The molecule has 0 amide bonds. The Morgan fingerprint density at radius 2 is 2.00 bits per heavy atom. The van der Waals surface area contributed by atoms with E-state index in [4.69, 9.17) is 8.92 Å². The fraction of sp³-hybridized carbons (Fsp3) is 0.389. The van der Waals surface area contributed by atoms with E-state index in [1.807, 2.05) is 6.92 Å². The lowest BCUT2D eigenvalue weighted by Gasteiger charge is -2.15. The van der Waals surface area contributed by atoms with Crippen LogP contribution in [0.3, 0.4) is 0 Å². The second-order valence-electron chi connectivity index (χ2n) is 7.25. The van der Waals surface area contributed by atoms with Crippen LogP contribution in [0.15, 0.2) is 30.3 Å². The SMILES string of the molecule is C=CS(=O)(=O)Oc1cc(C(=O)OCC[Si](C)(C)C)cc2c(CC)c[nH]c12. The molecule has 2 rings (SSSR count). The van der Waals surface area contributed by atoms with Gasteiger partial charge in [0.25, 0.3) is 0 Å². The predicted molar refractivity (Wildman–Crippen MR) is 106 cm³/mol. The van der Waals surface area contributed by atoms with Gasteiger partial charge in [0.1, 0.15) is 0 Å². The quantitative estimate of drug-likeness (QED) is 0.413. The zero-order valence-corrected chi connectivity index (χ0v) is 17.4. The Morgan fingerprint density at radius 3 is 2.58 bits per heavy atom. The molecule has 142 valence electrons. The number of carbonyl (C=O) groups excluding carboxylic acids is 1. The normalized spacial score (nSPS) is 12.2. The Labute approximate surface area is 155 Å². The molecule has 1 aromatic heterocycles. The zero-order chi connectivity index (χ0) is 19.5.